The average molecular weight is 308 g/mol. The van der Waals surface area contributed by atoms with E-state index in [0.29, 0.717) is 11.5 Å². The van der Waals surface area contributed by atoms with Gasteiger partial charge >= 0.3 is 6.03 Å². The molecule has 0 aliphatic heterocycles. The van der Waals surface area contributed by atoms with Crippen LogP contribution in [-0.2, 0) is 0 Å². The molecule has 0 saturated heterocycles. The molecule has 5 nitrogen and oxygen atoms in total. The van der Waals surface area contributed by atoms with Crippen LogP contribution in [0, 0.1) is 11.6 Å². The lowest BCUT2D eigenvalue weighted by Crippen LogP contribution is -2.21. The van der Waals surface area contributed by atoms with Crippen molar-refractivity contribution in [3.63, 3.8) is 0 Å². The average Bonchev–Trinajstić information content (AvgIpc) is 2.51. The van der Waals surface area contributed by atoms with E-state index in [4.69, 9.17) is 9.47 Å². The number of methoxy groups -OCH3 is 2. The van der Waals surface area contributed by atoms with E-state index >= 15 is 0 Å². The van der Waals surface area contributed by atoms with Crippen molar-refractivity contribution in [1.29, 1.82) is 0 Å². The van der Waals surface area contributed by atoms with Crippen LogP contribution in [0.3, 0.4) is 0 Å². The zero-order valence-electron chi connectivity index (χ0n) is 11.9. The number of para-hydroxylation sites is 2. The number of carbonyl (C=O) groups excluding carboxylic acids is 1. The molecule has 0 bridgehead atoms. The number of rotatable bonds is 4. The molecule has 0 radical (unpaired) electrons. The number of hydrogen-bond acceptors (Lipinski definition) is 3. The van der Waals surface area contributed by atoms with E-state index in [-0.39, 0.29) is 5.69 Å². The third kappa shape index (κ3) is 3.25. The predicted octanol–water partition coefficient (Wildman–Crippen LogP) is 3.63. The molecule has 0 aliphatic carbocycles. The third-order valence-electron chi connectivity index (χ3n) is 2.87. The van der Waals surface area contributed by atoms with Crippen molar-refractivity contribution in [3.05, 3.63) is 48.0 Å². The lowest BCUT2D eigenvalue weighted by atomic mass is 10.2. The van der Waals surface area contributed by atoms with Gasteiger partial charge in [0.25, 0.3) is 0 Å². The maximum absolute atomic E-state index is 13.5. The fourth-order valence-electron chi connectivity index (χ4n) is 1.85. The van der Waals surface area contributed by atoms with Gasteiger partial charge < -0.3 is 20.1 Å². The van der Waals surface area contributed by atoms with Crippen molar-refractivity contribution in [2.24, 2.45) is 0 Å². The number of ether oxygens (including phenoxy) is 2. The Hall–Kier alpha value is -2.83. The zero-order chi connectivity index (χ0) is 16.1. The first-order chi connectivity index (χ1) is 10.6. The fourth-order valence-corrected chi connectivity index (χ4v) is 1.85. The summed E-state index contributed by atoms with van der Waals surface area (Å²) >= 11 is 0. The van der Waals surface area contributed by atoms with Gasteiger partial charge in [-0.1, -0.05) is 12.1 Å². The highest BCUT2D eigenvalue weighted by atomic mass is 19.1. The summed E-state index contributed by atoms with van der Waals surface area (Å²) in [6.07, 6.45) is 0. The normalized spacial score (nSPS) is 10.0. The standard InChI is InChI=1S/C15H14F2N2O3/c1-21-11-7-4-8-12(22-2)14(11)19-15(20)18-13-9(16)5-3-6-10(13)17/h3-8H,1-2H3,(H2,18,19,20). The maximum Gasteiger partial charge on any atom is 0.324 e. The molecule has 0 saturated carbocycles. The van der Waals surface area contributed by atoms with Gasteiger partial charge in [0.05, 0.1) is 14.2 Å². The van der Waals surface area contributed by atoms with Gasteiger partial charge in [-0.2, -0.15) is 0 Å². The summed E-state index contributed by atoms with van der Waals surface area (Å²) in [5.74, 6) is -1.05. The van der Waals surface area contributed by atoms with E-state index in [1.807, 2.05) is 0 Å². The number of amides is 2. The van der Waals surface area contributed by atoms with Crippen LogP contribution in [-0.4, -0.2) is 20.3 Å². The van der Waals surface area contributed by atoms with Crippen LogP contribution in [0.25, 0.3) is 0 Å². The van der Waals surface area contributed by atoms with Crippen LogP contribution in [0.5, 0.6) is 11.5 Å². The van der Waals surface area contributed by atoms with Crippen LogP contribution in [0.4, 0.5) is 25.0 Å². The number of benzene rings is 2. The van der Waals surface area contributed by atoms with Gasteiger partial charge in [0, 0.05) is 0 Å². The first kappa shape index (κ1) is 15.6. The highest BCUT2D eigenvalue weighted by Gasteiger charge is 2.16. The largest absolute Gasteiger partial charge is 0.494 e. The highest BCUT2D eigenvalue weighted by molar-refractivity contribution is 6.01. The quantitative estimate of drug-likeness (QED) is 0.907. The smallest absolute Gasteiger partial charge is 0.324 e. The Morgan fingerprint density at radius 2 is 1.32 bits per heavy atom. The molecular formula is C15H14F2N2O3. The molecule has 0 unspecified atom stereocenters. The van der Waals surface area contributed by atoms with Crippen molar-refractivity contribution in [2.45, 2.75) is 0 Å². The van der Waals surface area contributed by atoms with Gasteiger partial charge in [0.2, 0.25) is 0 Å². The lowest BCUT2D eigenvalue weighted by molar-refractivity contribution is 0.261. The number of anilines is 2. The molecule has 2 aromatic carbocycles. The van der Waals surface area contributed by atoms with Gasteiger partial charge in [-0.05, 0) is 24.3 Å². The van der Waals surface area contributed by atoms with Crippen LogP contribution in [0.15, 0.2) is 36.4 Å². The minimum Gasteiger partial charge on any atom is -0.494 e. The number of hydrogen-bond donors (Lipinski definition) is 2. The molecule has 0 atom stereocenters. The molecule has 2 aromatic rings. The summed E-state index contributed by atoms with van der Waals surface area (Å²) in [4.78, 5) is 12.0. The molecule has 0 aliphatic rings. The molecule has 2 amide bonds. The molecule has 2 rings (SSSR count). The number of carbonyl (C=O) groups is 1. The van der Waals surface area contributed by atoms with E-state index in [0.717, 1.165) is 12.1 Å². The second-order valence-electron chi connectivity index (χ2n) is 4.21. The summed E-state index contributed by atoms with van der Waals surface area (Å²) in [5.41, 5.74) is -0.282. The fraction of sp³-hybridized carbons (Fsp3) is 0.133. The Bertz CT molecular complexity index is 650. The summed E-state index contributed by atoms with van der Waals surface area (Å²) in [6.45, 7) is 0. The van der Waals surface area contributed by atoms with Gasteiger partial charge in [-0.25, -0.2) is 13.6 Å². The van der Waals surface area contributed by atoms with Crippen molar-refractivity contribution in [3.8, 4) is 11.5 Å². The van der Waals surface area contributed by atoms with E-state index in [1.54, 1.807) is 18.2 Å². The highest BCUT2D eigenvalue weighted by Crippen LogP contribution is 2.34. The summed E-state index contributed by atoms with van der Waals surface area (Å²) in [5, 5.41) is 4.57. The lowest BCUT2D eigenvalue weighted by Gasteiger charge is -2.14. The Kier molecular flexibility index (Phi) is 4.77. The van der Waals surface area contributed by atoms with Gasteiger partial charge in [0.1, 0.15) is 34.5 Å². The second-order valence-corrected chi connectivity index (χ2v) is 4.21. The van der Waals surface area contributed by atoms with E-state index < -0.39 is 23.4 Å². The van der Waals surface area contributed by atoms with Crippen LogP contribution in [0.2, 0.25) is 0 Å². The van der Waals surface area contributed by atoms with Gasteiger partial charge in [-0.15, -0.1) is 0 Å². The van der Waals surface area contributed by atoms with Crippen LogP contribution < -0.4 is 20.1 Å². The Balaban J connectivity index is 2.23. The maximum atomic E-state index is 13.5. The molecule has 0 fully saturated rings. The summed E-state index contributed by atoms with van der Waals surface area (Å²) in [6, 6.07) is 7.37. The van der Waals surface area contributed by atoms with E-state index in [2.05, 4.69) is 10.6 Å². The SMILES string of the molecule is COc1cccc(OC)c1NC(=O)Nc1c(F)cccc1F. The Morgan fingerprint density at radius 1 is 0.864 bits per heavy atom. The van der Waals surface area contributed by atoms with Crippen molar-refractivity contribution in [1.82, 2.24) is 0 Å². The first-order valence-corrected chi connectivity index (χ1v) is 6.29. The topological polar surface area (TPSA) is 59.6 Å². The molecule has 22 heavy (non-hydrogen) atoms. The van der Waals surface area contributed by atoms with Crippen molar-refractivity contribution >= 4 is 17.4 Å². The van der Waals surface area contributed by atoms with Crippen LogP contribution >= 0.6 is 0 Å². The molecule has 2 N–H and O–H groups in total. The summed E-state index contributed by atoms with van der Waals surface area (Å²) < 4.78 is 37.2. The Morgan fingerprint density at radius 3 is 1.82 bits per heavy atom. The molecule has 0 aromatic heterocycles. The zero-order valence-corrected chi connectivity index (χ0v) is 11.9. The molecule has 116 valence electrons. The number of urea groups is 1. The predicted molar refractivity (Wildman–Crippen MR) is 78.5 cm³/mol. The van der Waals surface area contributed by atoms with Crippen LogP contribution in [0.1, 0.15) is 0 Å². The summed E-state index contributed by atoms with van der Waals surface area (Å²) in [7, 11) is 2.85. The minimum atomic E-state index is -0.873. The molecule has 7 heteroatoms. The van der Waals surface area contributed by atoms with E-state index in [9.17, 15) is 13.6 Å². The third-order valence-corrected chi connectivity index (χ3v) is 2.87. The molecule has 0 spiro atoms. The molecular weight excluding hydrogens is 294 g/mol. The Labute approximate surface area is 125 Å². The van der Waals surface area contributed by atoms with Crippen molar-refractivity contribution < 1.29 is 23.0 Å². The minimum absolute atomic E-state index is 0.252. The van der Waals surface area contributed by atoms with Gasteiger partial charge in [-0.3, -0.25) is 0 Å². The van der Waals surface area contributed by atoms with Gasteiger partial charge in [0.15, 0.2) is 0 Å². The van der Waals surface area contributed by atoms with Crippen molar-refractivity contribution in [2.75, 3.05) is 24.9 Å². The number of halogens is 2. The second kappa shape index (κ2) is 6.75. The number of nitrogens with one attached hydrogen (secondary N) is 2. The monoisotopic (exact) mass is 308 g/mol. The first-order valence-electron chi connectivity index (χ1n) is 6.29. The molecule has 0 heterocycles. The van der Waals surface area contributed by atoms with E-state index in [1.165, 1.54) is 20.3 Å².